The van der Waals surface area contributed by atoms with Gasteiger partial charge in [0.15, 0.2) is 0 Å². The first-order valence-electron chi connectivity index (χ1n) is 7.08. The lowest BCUT2D eigenvalue weighted by Gasteiger charge is -2.15. The van der Waals surface area contributed by atoms with Gasteiger partial charge in [-0.05, 0) is 18.6 Å². The first-order valence-corrected chi connectivity index (χ1v) is 7.86. The molecule has 3 nitrogen and oxygen atoms in total. The summed E-state index contributed by atoms with van der Waals surface area (Å²) in [5, 5.41) is 0.845. The number of anilines is 1. The highest BCUT2D eigenvalue weighted by molar-refractivity contribution is 7.09. The molecule has 1 aromatic heterocycles. The predicted octanol–water partition coefficient (Wildman–Crippen LogP) is 3.93. The Bertz CT molecular complexity index is 621. The molecule has 0 amide bonds. The maximum Gasteiger partial charge on any atom is 0.205 e. The number of benzene rings is 1. The summed E-state index contributed by atoms with van der Waals surface area (Å²) in [6, 6.07) is 4.05. The normalized spacial score (nSPS) is 18.7. The standard InChI is InChI=1S/C15H17F2N3S/c1-9(2)14-18-15(21-19-14)20-7-6-10(8-20)13-11(16)4-3-5-12(13)17/h3-5,9-10H,6-8H2,1-2H3. The molecule has 0 bridgehead atoms. The molecule has 1 atom stereocenters. The smallest absolute Gasteiger partial charge is 0.205 e. The van der Waals surface area contributed by atoms with Gasteiger partial charge in [0.25, 0.3) is 0 Å². The van der Waals surface area contributed by atoms with E-state index in [9.17, 15) is 8.78 Å². The largest absolute Gasteiger partial charge is 0.346 e. The van der Waals surface area contributed by atoms with Crippen LogP contribution in [0.25, 0.3) is 0 Å². The van der Waals surface area contributed by atoms with Gasteiger partial charge < -0.3 is 4.90 Å². The van der Waals surface area contributed by atoms with Crippen LogP contribution in [0, 0.1) is 11.6 Å². The average molecular weight is 309 g/mol. The second-order valence-electron chi connectivity index (χ2n) is 5.66. The van der Waals surface area contributed by atoms with E-state index in [0.717, 1.165) is 23.9 Å². The van der Waals surface area contributed by atoms with Gasteiger partial charge in [-0.2, -0.15) is 4.37 Å². The quantitative estimate of drug-likeness (QED) is 0.860. The molecule has 1 unspecified atom stereocenters. The van der Waals surface area contributed by atoms with E-state index in [1.54, 1.807) is 0 Å². The van der Waals surface area contributed by atoms with Crippen LogP contribution < -0.4 is 4.90 Å². The Morgan fingerprint density at radius 1 is 1.29 bits per heavy atom. The molecular weight excluding hydrogens is 292 g/mol. The summed E-state index contributed by atoms with van der Waals surface area (Å²) in [6.07, 6.45) is 0.731. The first-order chi connectivity index (χ1) is 10.1. The van der Waals surface area contributed by atoms with Crippen LogP contribution in [-0.4, -0.2) is 22.4 Å². The van der Waals surface area contributed by atoms with Crippen LogP contribution in [0.3, 0.4) is 0 Å². The van der Waals surface area contributed by atoms with E-state index in [1.807, 2.05) is 13.8 Å². The predicted molar refractivity (Wildman–Crippen MR) is 79.9 cm³/mol. The van der Waals surface area contributed by atoms with Crippen molar-refractivity contribution in [3.05, 3.63) is 41.2 Å². The van der Waals surface area contributed by atoms with Gasteiger partial charge in [-0.15, -0.1) is 0 Å². The van der Waals surface area contributed by atoms with E-state index in [4.69, 9.17) is 0 Å². The van der Waals surface area contributed by atoms with Crippen LogP contribution in [-0.2, 0) is 0 Å². The molecule has 2 heterocycles. The summed E-state index contributed by atoms with van der Waals surface area (Å²) in [5.41, 5.74) is 0.202. The van der Waals surface area contributed by atoms with E-state index in [1.165, 1.54) is 29.7 Å². The minimum absolute atomic E-state index is 0.127. The molecule has 1 saturated heterocycles. The van der Waals surface area contributed by atoms with Gasteiger partial charge in [0.05, 0.1) is 0 Å². The minimum Gasteiger partial charge on any atom is -0.346 e. The molecule has 112 valence electrons. The fraction of sp³-hybridized carbons (Fsp3) is 0.467. The van der Waals surface area contributed by atoms with Crippen molar-refractivity contribution in [1.29, 1.82) is 0 Å². The molecule has 1 fully saturated rings. The van der Waals surface area contributed by atoms with Crippen molar-refractivity contribution >= 4 is 16.7 Å². The Kier molecular flexibility index (Phi) is 3.89. The molecule has 0 N–H and O–H groups in total. The summed E-state index contributed by atoms with van der Waals surface area (Å²) in [4.78, 5) is 6.58. The fourth-order valence-electron chi connectivity index (χ4n) is 2.66. The van der Waals surface area contributed by atoms with Gasteiger partial charge in [0.1, 0.15) is 17.5 Å². The van der Waals surface area contributed by atoms with Gasteiger partial charge >= 0.3 is 0 Å². The average Bonchev–Trinajstić information content (AvgIpc) is 3.07. The van der Waals surface area contributed by atoms with Crippen molar-refractivity contribution in [2.75, 3.05) is 18.0 Å². The number of hydrogen-bond acceptors (Lipinski definition) is 4. The number of rotatable bonds is 3. The molecule has 0 aliphatic carbocycles. The van der Waals surface area contributed by atoms with Crippen LogP contribution in [0.4, 0.5) is 13.9 Å². The van der Waals surface area contributed by atoms with Crippen molar-refractivity contribution in [2.24, 2.45) is 0 Å². The fourth-order valence-corrected chi connectivity index (χ4v) is 3.50. The molecule has 1 aliphatic rings. The van der Waals surface area contributed by atoms with E-state index in [-0.39, 0.29) is 17.4 Å². The first kappa shape index (κ1) is 14.4. The highest BCUT2D eigenvalue weighted by Gasteiger charge is 2.30. The zero-order chi connectivity index (χ0) is 15.0. The summed E-state index contributed by atoms with van der Waals surface area (Å²) in [5.74, 6) is 0.0782. The summed E-state index contributed by atoms with van der Waals surface area (Å²) in [7, 11) is 0. The zero-order valence-electron chi connectivity index (χ0n) is 12.0. The van der Waals surface area contributed by atoms with Crippen molar-refractivity contribution < 1.29 is 8.78 Å². The van der Waals surface area contributed by atoms with Crippen molar-refractivity contribution in [3.8, 4) is 0 Å². The Labute approximate surface area is 126 Å². The third-order valence-corrected chi connectivity index (χ3v) is 4.61. The summed E-state index contributed by atoms with van der Waals surface area (Å²) < 4.78 is 32.0. The van der Waals surface area contributed by atoms with Gasteiger partial charge in [-0.3, -0.25) is 0 Å². The van der Waals surface area contributed by atoms with Crippen LogP contribution >= 0.6 is 11.5 Å². The SMILES string of the molecule is CC(C)c1nsc(N2CCC(c3c(F)cccc3F)C2)n1. The Morgan fingerprint density at radius 3 is 2.62 bits per heavy atom. The second-order valence-corrected chi connectivity index (χ2v) is 6.39. The lowest BCUT2D eigenvalue weighted by atomic mass is 9.97. The minimum atomic E-state index is -0.456. The summed E-state index contributed by atoms with van der Waals surface area (Å²) in [6.45, 7) is 5.44. The third-order valence-electron chi connectivity index (χ3n) is 3.81. The van der Waals surface area contributed by atoms with Crippen molar-refractivity contribution in [3.63, 3.8) is 0 Å². The van der Waals surface area contributed by atoms with E-state index >= 15 is 0 Å². The number of aromatic nitrogens is 2. The lowest BCUT2D eigenvalue weighted by molar-refractivity contribution is 0.533. The Morgan fingerprint density at radius 2 is 2.00 bits per heavy atom. The summed E-state index contributed by atoms with van der Waals surface area (Å²) >= 11 is 1.36. The molecule has 3 rings (SSSR count). The molecular formula is C15H17F2N3S. The molecule has 0 saturated carbocycles. The highest BCUT2D eigenvalue weighted by atomic mass is 32.1. The topological polar surface area (TPSA) is 29.0 Å². The monoisotopic (exact) mass is 309 g/mol. The molecule has 6 heteroatoms. The van der Waals surface area contributed by atoms with E-state index < -0.39 is 11.6 Å². The van der Waals surface area contributed by atoms with Gasteiger partial charge in [-0.1, -0.05) is 19.9 Å². The van der Waals surface area contributed by atoms with Crippen molar-refractivity contribution in [1.82, 2.24) is 9.36 Å². The molecule has 2 aromatic rings. The van der Waals surface area contributed by atoms with Crippen LogP contribution in [0.5, 0.6) is 0 Å². The van der Waals surface area contributed by atoms with E-state index in [0.29, 0.717) is 6.54 Å². The van der Waals surface area contributed by atoms with Gasteiger partial charge in [0, 0.05) is 42.0 Å². The molecule has 0 spiro atoms. The van der Waals surface area contributed by atoms with Gasteiger partial charge in [0.2, 0.25) is 5.13 Å². The van der Waals surface area contributed by atoms with Crippen molar-refractivity contribution in [2.45, 2.75) is 32.1 Å². The second kappa shape index (κ2) is 5.67. The maximum atomic E-state index is 13.9. The number of halogens is 2. The molecule has 21 heavy (non-hydrogen) atoms. The van der Waals surface area contributed by atoms with Crippen LogP contribution in [0.2, 0.25) is 0 Å². The van der Waals surface area contributed by atoms with E-state index in [2.05, 4.69) is 14.3 Å². The number of hydrogen-bond donors (Lipinski definition) is 0. The Balaban J connectivity index is 1.79. The lowest BCUT2D eigenvalue weighted by Crippen LogP contribution is -2.19. The Hall–Kier alpha value is -1.56. The molecule has 1 aromatic carbocycles. The highest BCUT2D eigenvalue weighted by Crippen LogP contribution is 2.34. The molecule has 0 radical (unpaired) electrons. The number of nitrogens with zero attached hydrogens (tertiary/aromatic N) is 3. The van der Waals surface area contributed by atoms with Crippen LogP contribution in [0.15, 0.2) is 18.2 Å². The van der Waals surface area contributed by atoms with Crippen LogP contribution in [0.1, 0.15) is 43.5 Å². The third kappa shape index (κ3) is 2.77. The van der Waals surface area contributed by atoms with Gasteiger partial charge in [-0.25, -0.2) is 13.8 Å². The maximum absolute atomic E-state index is 13.9. The molecule has 1 aliphatic heterocycles. The zero-order valence-corrected chi connectivity index (χ0v) is 12.8.